The van der Waals surface area contributed by atoms with Crippen LogP contribution < -0.4 is 10.1 Å². The number of nitro groups is 1. The predicted octanol–water partition coefficient (Wildman–Crippen LogP) is 3.22. The quantitative estimate of drug-likeness (QED) is 0.559. The van der Waals surface area contributed by atoms with Crippen molar-refractivity contribution in [2.45, 2.75) is 26.2 Å². The summed E-state index contributed by atoms with van der Waals surface area (Å²) in [5.74, 6) is 0.314. The first-order chi connectivity index (χ1) is 10.1. The van der Waals surface area contributed by atoms with Crippen molar-refractivity contribution in [1.82, 2.24) is 0 Å². The van der Waals surface area contributed by atoms with Crippen LogP contribution in [0.4, 0.5) is 11.4 Å². The molecule has 0 atom stereocenters. The fraction of sp³-hybridized carbons (Fsp3) is 0.600. The molecule has 0 saturated heterocycles. The largest absolute Gasteiger partial charge is 0.487 e. The number of hydrogen-bond donors (Lipinski definition) is 1. The molecule has 6 nitrogen and oxygen atoms in total. The number of ether oxygens (including phenoxy) is 2. The molecule has 1 aromatic rings. The van der Waals surface area contributed by atoms with Gasteiger partial charge < -0.3 is 14.8 Å². The molecule has 1 aliphatic carbocycles. The van der Waals surface area contributed by atoms with E-state index in [0.29, 0.717) is 17.8 Å². The number of benzene rings is 1. The summed E-state index contributed by atoms with van der Waals surface area (Å²) in [7, 11) is 1.72. The van der Waals surface area contributed by atoms with Crippen molar-refractivity contribution in [2.75, 3.05) is 32.2 Å². The van der Waals surface area contributed by atoms with Crippen LogP contribution in [-0.2, 0) is 4.74 Å². The minimum atomic E-state index is -0.421. The van der Waals surface area contributed by atoms with Gasteiger partial charge in [-0.3, -0.25) is 10.1 Å². The number of anilines is 1. The molecule has 0 aromatic heterocycles. The lowest BCUT2D eigenvalue weighted by molar-refractivity contribution is -0.385. The third kappa shape index (κ3) is 4.07. The summed E-state index contributed by atoms with van der Waals surface area (Å²) in [4.78, 5) is 10.5. The molecule has 0 spiro atoms. The number of rotatable bonds is 9. The molecule has 1 fully saturated rings. The van der Waals surface area contributed by atoms with E-state index in [9.17, 15) is 10.1 Å². The molecule has 116 valence electrons. The molecule has 6 heteroatoms. The average Bonchev–Trinajstić information content (AvgIpc) is 3.24. The molecule has 0 bridgehead atoms. The highest BCUT2D eigenvalue weighted by molar-refractivity contribution is 5.58. The zero-order chi connectivity index (χ0) is 15.3. The lowest BCUT2D eigenvalue weighted by Gasteiger charge is -2.17. The van der Waals surface area contributed by atoms with Crippen LogP contribution in [0.2, 0.25) is 0 Å². The standard InChI is InChI=1S/C15H22N2O4/c1-3-21-14-10-12(4-5-13(14)17(18)19)16-11-15(6-7-15)8-9-20-2/h4-5,10,16H,3,6-9,11H2,1-2H3. The normalized spacial score (nSPS) is 15.5. The van der Waals surface area contributed by atoms with Crippen molar-refractivity contribution in [3.05, 3.63) is 28.3 Å². The summed E-state index contributed by atoms with van der Waals surface area (Å²) in [5.41, 5.74) is 1.18. The molecule has 0 amide bonds. The Bertz CT molecular complexity index is 500. The molecule has 2 rings (SSSR count). The first-order valence-electron chi connectivity index (χ1n) is 7.24. The summed E-state index contributed by atoms with van der Waals surface area (Å²) in [6.45, 7) is 3.85. The number of hydrogen-bond acceptors (Lipinski definition) is 5. The van der Waals surface area contributed by atoms with Gasteiger partial charge in [-0.1, -0.05) is 0 Å². The first kappa shape index (κ1) is 15.6. The van der Waals surface area contributed by atoms with Gasteiger partial charge >= 0.3 is 5.69 Å². The highest BCUT2D eigenvalue weighted by Crippen LogP contribution is 2.48. The van der Waals surface area contributed by atoms with E-state index in [0.717, 1.165) is 25.3 Å². The fourth-order valence-electron chi connectivity index (χ4n) is 2.35. The van der Waals surface area contributed by atoms with Gasteiger partial charge in [0.1, 0.15) is 0 Å². The van der Waals surface area contributed by atoms with Crippen LogP contribution in [0.15, 0.2) is 18.2 Å². The van der Waals surface area contributed by atoms with E-state index < -0.39 is 4.92 Å². The lowest BCUT2D eigenvalue weighted by atomic mass is 10.0. The molecule has 0 radical (unpaired) electrons. The third-order valence-corrected chi connectivity index (χ3v) is 3.92. The SMILES string of the molecule is CCOc1cc(NCC2(CCOC)CC2)ccc1[N+](=O)[O-]. The van der Waals surface area contributed by atoms with Crippen molar-refractivity contribution < 1.29 is 14.4 Å². The van der Waals surface area contributed by atoms with E-state index in [1.165, 1.54) is 18.9 Å². The zero-order valence-electron chi connectivity index (χ0n) is 12.6. The van der Waals surface area contributed by atoms with Crippen molar-refractivity contribution >= 4 is 11.4 Å². The zero-order valence-corrected chi connectivity index (χ0v) is 12.6. The Morgan fingerprint density at radius 3 is 2.76 bits per heavy atom. The van der Waals surface area contributed by atoms with E-state index in [2.05, 4.69) is 5.32 Å². The molecule has 1 aromatic carbocycles. The summed E-state index contributed by atoms with van der Waals surface area (Å²) in [6, 6.07) is 4.92. The minimum Gasteiger partial charge on any atom is -0.487 e. The Hall–Kier alpha value is -1.82. The fourth-order valence-corrected chi connectivity index (χ4v) is 2.35. The molecular weight excluding hydrogens is 272 g/mol. The van der Waals surface area contributed by atoms with E-state index in [4.69, 9.17) is 9.47 Å². The summed E-state index contributed by atoms with van der Waals surface area (Å²) >= 11 is 0. The van der Waals surface area contributed by atoms with E-state index in [1.54, 1.807) is 19.2 Å². The van der Waals surface area contributed by atoms with E-state index >= 15 is 0 Å². The molecule has 21 heavy (non-hydrogen) atoms. The second-order valence-corrected chi connectivity index (χ2v) is 5.47. The number of nitrogens with one attached hydrogen (secondary N) is 1. The van der Waals surface area contributed by atoms with Gasteiger partial charge in [0.05, 0.1) is 11.5 Å². The summed E-state index contributed by atoms with van der Waals surface area (Å²) in [6.07, 6.45) is 3.45. The Morgan fingerprint density at radius 1 is 1.43 bits per heavy atom. The molecule has 0 heterocycles. The Balaban J connectivity index is 2.00. The highest BCUT2D eigenvalue weighted by atomic mass is 16.6. The van der Waals surface area contributed by atoms with Gasteiger partial charge in [0.2, 0.25) is 0 Å². The molecule has 1 aliphatic rings. The molecule has 1 saturated carbocycles. The predicted molar refractivity (Wildman–Crippen MR) is 80.9 cm³/mol. The molecule has 0 aliphatic heterocycles. The molecular formula is C15H22N2O4. The van der Waals surface area contributed by atoms with Crippen molar-refractivity contribution in [1.29, 1.82) is 0 Å². The topological polar surface area (TPSA) is 73.6 Å². The van der Waals surface area contributed by atoms with Crippen molar-refractivity contribution in [3.8, 4) is 5.75 Å². The Morgan fingerprint density at radius 2 is 2.19 bits per heavy atom. The smallest absolute Gasteiger partial charge is 0.311 e. The van der Waals surface area contributed by atoms with Gasteiger partial charge in [0.15, 0.2) is 5.75 Å². The maximum absolute atomic E-state index is 10.9. The van der Waals surface area contributed by atoms with Crippen LogP contribution >= 0.6 is 0 Å². The van der Waals surface area contributed by atoms with Crippen LogP contribution in [0.1, 0.15) is 26.2 Å². The molecule has 0 unspecified atom stereocenters. The van der Waals surface area contributed by atoms with Gasteiger partial charge in [-0.25, -0.2) is 0 Å². The molecule has 1 N–H and O–H groups in total. The van der Waals surface area contributed by atoms with Crippen LogP contribution in [0.3, 0.4) is 0 Å². The second kappa shape index (κ2) is 6.76. The summed E-state index contributed by atoms with van der Waals surface area (Å²) < 4.78 is 10.5. The van der Waals surface area contributed by atoms with Crippen LogP contribution in [0, 0.1) is 15.5 Å². The van der Waals surface area contributed by atoms with Gasteiger partial charge in [-0.05, 0) is 37.7 Å². The number of nitro benzene ring substituents is 1. The van der Waals surface area contributed by atoms with Crippen LogP contribution in [-0.4, -0.2) is 31.8 Å². The Kier molecular flexibility index (Phi) is 5.01. The van der Waals surface area contributed by atoms with Crippen LogP contribution in [0.5, 0.6) is 5.75 Å². The minimum absolute atomic E-state index is 0.00270. The number of nitrogens with zero attached hydrogens (tertiary/aromatic N) is 1. The summed E-state index contributed by atoms with van der Waals surface area (Å²) in [5, 5.41) is 14.3. The number of methoxy groups -OCH3 is 1. The third-order valence-electron chi connectivity index (χ3n) is 3.92. The highest BCUT2D eigenvalue weighted by Gasteiger charge is 2.41. The van der Waals surface area contributed by atoms with Gasteiger partial charge in [0.25, 0.3) is 0 Å². The van der Waals surface area contributed by atoms with Crippen molar-refractivity contribution in [2.24, 2.45) is 5.41 Å². The maximum Gasteiger partial charge on any atom is 0.311 e. The first-order valence-corrected chi connectivity index (χ1v) is 7.24. The van der Waals surface area contributed by atoms with Crippen molar-refractivity contribution in [3.63, 3.8) is 0 Å². The van der Waals surface area contributed by atoms with E-state index in [-0.39, 0.29) is 5.69 Å². The average molecular weight is 294 g/mol. The van der Waals surface area contributed by atoms with Crippen LogP contribution in [0.25, 0.3) is 0 Å². The maximum atomic E-state index is 10.9. The Labute approximate surface area is 124 Å². The van der Waals surface area contributed by atoms with E-state index in [1.807, 2.05) is 6.92 Å². The monoisotopic (exact) mass is 294 g/mol. The second-order valence-electron chi connectivity index (χ2n) is 5.47. The van der Waals surface area contributed by atoms with Gasteiger partial charge in [0, 0.05) is 38.1 Å². The lowest BCUT2D eigenvalue weighted by Crippen LogP contribution is -2.17. The van der Waals surface area contributed by atoms with Gasteiger partial charge in [-0.15, -0.1) is 0 Å². The van der Waals surface area contributed by atoms with Gasteiger partial charge in [-0.2, -0.15) is 0 Å².